The van der Waals surface area contributed by atoms with Crippen molar-refractivity contribution >= 4 is 17.7 Å². The number of hydrogen-bond acceptors (Lipinski definition) is 5. The van der Waals surface area contributed by atoms with Gasteiger partial charge in [0.25, 0.3) is 11.8 Å². The highest BCUT2D eigenvalue weighted by Gasteiger charge is 2.30. The minimum Gasteiger partial charge on any atom is -0.346 e. The molecule has 2 aromatic carbocycles. The van der Waals surface area contributed by atoms with Crippen LogP contribution in [0.3, 0.4) is 0 Å². The Morgan fingerprint density at radius 3 is 2.61 bits per heavy atom. The van der Waals surface area contributed by atoms with Crippen LogP contribution in [-0.4, -0.2) is 54.3 Å². The van der Waals surface area contributed by atoms with Crippen molar-refractivity contribution in [2.75, 3.05) is 26.7 Å². The summed E-state index contributed by atoms with van der Waals surface area (Å²) in [5, 5.41) is 4.64. The van der Waals surface area contributed by atoms with E-state index >= 15 is 0 Å². The number of nitrogens with zero attached hydrogens (tertiary/aromatic N) is 2. The lowest BCUT2D eigenvalue weighted by molar-refractivity contribution is -0.138. The van der Waals surface area contributed by atoms with E-state index in [0.717, 1.165) is 18.4 Å². The molecule has 1 saturated heterocycles. The highest BCUT2D eigenvalue weighted by atomic mass is 16.2. The van der Waals surface area contributed by atoms with E-state index in [2.05, 4.69) is 10.7 Å². The fraction of sp³-hybridized carbons (Fsp3) is 0.400. The van der Waals surface area contributed by atoms with Crippen LogP contribution in [0.5, 0.6) is 0 Å². The standard InChI is InChI=1S/C25H33N5O3/c1-3-29(2)25(33)21-13-8-14-30(17-21)28-24(32)22(19-10-5-4-6-11-19)27-23(31)20-12-7-9-18(15-20)16-26/h4-7,9-12,15,21-22H,3,8,13-14,16-17,26H2,1-2H3,(H,27,31)(H,28,32). The normalized spacial score (nSPS) is 17.1. The van der Waals surface area contributed by atoms with Crippen LogP contribution in [-0.2, 0) is 16.1 Å². The summed E-state index contributed by atoms with van der Waals surface area (Å²) >= 11 is 0. The second-order valence-electron chi connectivity index (χ2n) is 8.34. The summed E-state index contributed by atoms with van der Waals surface area (Å²) in [6, 6.07) is 15.3. The number of hydrogen-bond donors (Lipinski definition) is 3. The molecule has 2 unspecified atom stereocenters. The van der Waals surface area contributed by atoms with Gasteiger partial charge in [0, 0.05) is 38.8 Å². The lowest BCUT2D eigenvalue weighted by atomic mass is 9.97. The minimum absolute atomic E-state index is 0.0872. The Morgan fingerprint density at radius 2 is 1.91 bits per heavy atom. The number of carbonyl (C=O) groups excluding carboxylic acids is 3. The third-order valence-corrected chi connectivity index (χ3v) is 5.98. The molecule has 0 aliphatic carbocycles. The molecule has 3 rings (SSSR count). The lowest BCUT2D eigenvalue weighted by Crippen LogP contribution is -2.53. The van der Waals surface area contributed by atoms with E-state index in [1.54, 1.807) is 47.3 Å². The molecule has 0 aromatic heterocycles. The van der Waals surface area contributed by atoms with Gasteiger partial charge in [-0.05, 0) is 43.0 Å². The van der Waals surface area contributed by atoms with Gasteiger partial charge in [-0.1, -0.05) is 42.5 Å². The monoisotopic (exact) mass is 451 g/mol. The molecule has 8 nitrogen and oxygen atoms in total. The van der Waals surface area contributed by atoms with Crippen LogP contribution in [0.2, 0.25) is 0 Å². The predicted molar refractivity (Wildman–Crippen MR) is 127 cm³/mol. The zero-order chi connectivity index (χ0) is 23.8. The number of nitrogens with two attached hydrogens (primary N) is 1. The Labute approximate surface area is 195 Å². The Kier molecular flexibility index (Phi) is 8.57. The Hall–Kier alpha value is -3.23. The molecule has 0 radical (unpaired) electrons. The van der Waals surface area contributed by atoms with Gasteiger partial charge in [-0.2, -0.15) is 0 Å². The Bertz CT molecular complexity index is 966. The molecule has 1 aliphatic heterocycles. The summed E-state index contributed by atoms with van der Waals surface area (Å²) < 4.78 is 0. The van der Waals surface area contributed by atoms with Crippen LogP contribution in [0, 0.1) is 5.92 Å². The first-order valence-electron chi connectivity index (χ1n) is 11.4. The van der Waals surface area contributed by atoms with Crippen molar-refractivity contribution in [1.82, 2.24) is 20.7 Å². The van der Waals surface area contributed by atoms with Crippen LogP contribution in [0.4, 0.5) is 0 Å². The second-order valence-corrected chi connectivity index (χ2v) is 8.34. The number of carbonyl (C=O) groups is 3. The molecule has 0 bridgehead atoms. The van der Waals surface area contributed by atoms with Gasteiger partial charge in [0.15, 0.2) is 0 Å². The van der Waals surface area contributed by atoms with Gasteiger partial charge in [-0.15, -0.1) is 0 Å². The molecular formula is C25H33N5O3. The zero-order valence-electron chi connectivity index (χ0n) is 19.3. The van der Waals surface area contributed by atoms with Crippen molar-refractivity contribution in [3.05, 3.63) is 71.3 Å². The first-order valence-corrected chi connectivity index (χ1v) is 11.4. The van der Waals surface area contributed by atoms with Crippen molar-refractivity contribution in [2.45, 2.75) is 32.4 Å². The molecule has 1 fully saturated rings. The Morgan fingerprint density at radius 1 is 1.15 bits per heavy atom. The van der Waals surface area contributed by atoms with Crippen molar-refractivity contribution in [3.63, 3.8) is 0 Å². The molecule has 0 saturated carbocycles. The van der Waals surface area contributed by atoms with Crippen LogP contribution in [0.25, 0.3) is 0 Å². The van der Waals surface area contributed by atoms with E-state index in [4.69, 9.17) is 5.73 Å². The molecule has 2 atom stereocenters. The molecule has 1 aliphatic rings. The maximum Gasteiger partial charge on any atom is 0.261 e. The number of amides is 3. The summed E-state index contributed by atoms with van der Waals surface area (Å²) in [6.07, 6.45) is 1.61. The molecule has 4 N–H and O–H groups in total. The van der Waals surface area contributed by atoms with Crippen LogP contribution < -0.4 is 16.5 Å². The minimum atomic E-state index is -0.880. The highest BCUT2D eigenvalue weighted by molar-refractivity contribution is 5.98. The van der Waals surface area contributed by atoms with E-state index in [9.17, 15) is 14.4 Å². The lowest BCUT2D eigenvalue weighted by Gasteiger charge is -2.34. The number of benzene rings is 2. The van der Waals surface area contributed by atoms with Crippen LogP contribution in [0.15, 0.2) is 54.6 Å². The average molecular weight is 452 g/mol. The van der Waals surface area contributed by atoms with Crippen LogP contribution in [0.1, 0.15) is 47.3 Å². The smallest absolute Gasteiger partial charge is 0.261 e. The first-order chi connectivity index (χ1) is 15.9. The van der Waals surface area contributed by atoms with E-state index in [1.807, 2.05) is 31.2 Å². The zero-order valence-corrected chi connectivity index (χ0v) is 19.3. The molecule has 2 aromatic rings. The van der Waals surface area contributed by atoms with Gasteiger partial charge in [0.05, 0.1) is 5.92 Å². The quantitative estimate of drug-likeness (QED) is 0.568. The topological polar surface area (TPSA) is 108 Å². The maximum absolute atomic E-state index is 13.3. The van der Waals surface area contributed by atoms with Crippen molar-refractivity contribution < 1.29 is 14.4 Å². The summed E-state index contributed by atoms with van der Waals surface area (Å²) in [4.78, 5) is 40.5. The molecule has 33 heavy (non-hydrogen) atoms. The third-order valence-electron chi connectivity index (χ3n) is 5.98. The maximum atomic E-state index is 13.3. The third kappa shape index (κ3) is 6.40. The average Bonchev–Trinajstić information content (AvgIpc) is 2.86. The summed E-state index contributed by atoms with van der Waals surface area (Å²) in [5.74, 6) is -0.774. The van der Waals surface area contributed by atoms with E-state index in [0.29, 0.717) is 37.3 Å². The van der Waals surface area contributed by atoms with Gasteiger partial charge in [0.1, 0.15) is 6.04 Å². The van der Waals surface area contributed by atoms with Crippen molar-refractivity contribution in [3.8, 4) is 0 Å². The van der Waals surface area contributed by atoms with E-state index in [-0.39, 0.29) is 23.6 Å². The van der Waals surface area contributed by atoms with Gasteiger partial charge < -0.3 is 16.0 Å². The van der Waals surface area contributed by atoms with E-state index < -0.39 is 6.04 Å². The van der Waals surface area contributed by atoms with Crippen molar-refractivity contribution in [2.24, 2.45) is 11.7 Å². The van der Waals surface area contributed by atoms with Gasteiger partial charge in [-0.25, -0.2) is 5.01 Å². The fourth-order valence-corrected chi connectivity index (χ4v) is 3.97. The largest absolute Gasteiger partial charge is 0.346 e. The highest BCUT2D eigenvalue weighted by Crippen LogP contribution is 2.19. The van der Waals surface area contributed by atoms with Gasteiger partial charge >= 0.3 is 0 Å². The number of nitrogens with one attached hydrogen (secondary N) is 2. The Balaban J connectivity index is 1.73. The van der Waals surface area contributed by atoms with Crippen LogP contribution >= 0.6 is 0 Å². The van der Waals surface area contributed by atoms with E-state index in [1.165, 1.54) is 0 Å². The fourth-order valence-electron chi connectivity index (χ4n) is 3.97. The SMILES string of the molecule is CCN(C)C(=O)C1CCCN(NC(=O)C(NC(=O)c2cccc(CN)c2)c2ccccc2)C1. The van der Waals surface area contributed by atoms with Gasteiger partial charge in [-0.3, -0.25) is 19.8 Å². The molecule has 176 valence electrons. The van der Waals surface area contributed by atoms with Gasteiger partial charge in [0.2, 0.25) is 5.91 Å². The summed E-state index contributed by atoms with van der Waals surface area (Å²) in [6.45, 7) is 4.01. The number of rotatable bonds is 8. The molecule has 0 spiro atoms. The molecule has 1 heterocycles. The molecular weight excluding hydrogens is 418 g/mol. The molecule has 8 heteroatoms. The van der Waals surface area contributed by atoms with Crippen molar-refractivity contribution in [1.29, 1.82) is 0 Å². The summed E-state index contributed by atoms with van der Waals surface area (Å²) in [5.41, 5.74) is 10.6. The first kappa shape index (κ1) is 24.4. The second kappa shape index (κ2) is 11.6. The number of piperidine rings is 1. The molecule has 3 amide bonds. The summed E-state index contributed by atoms with van der Waals surface area (Å²) in [7, 11) is 1.79. The number of hydrazine groups is 1. The predicted octanol–water partition coefficient (Wildman–Crippen LogP) is 1.84.